The van der Waals surface area contributed by atoms with Crippen molar-refractivity contribution in [3.63, 3.8) is 0 Å². The van der Waals surface area contributed by atoms with E-state index in [-0.39, 0.29) is 5.91 Å². The zero-order valence-electron chi connectivity index (χ0n) is 10.4. The van der Waals surface area contributed by atoms with Crippen LogP contribution in [0.2, 0.25) is 0 Å². The lowest BCUT2D eigenvalue weighted by molar-refractivity contribution is 0.0764. The highest BCUT2D eigenvalue weighted by molar-refractivity contribution is 5.98. The number of hydrogen-bond donors (Lipinski definition) is 1. The molecular weight excluding hydrogens is 218 g/mol. The molecule has 0 saturated carbocycles. The van der Waals surface area contributed by atoms with Crippen molar-refractivity contribution in [2.24, 2.45) is 7.05 Å². The highest BCUT2D eigenvalue weighted by Crippen LogP contribution is 2.14. The van der Waals surface area contributed by atoms with Gasteiger partial charge >= 0.3 is 0 Å². The summed E-state index contributed by atoms with van der Waals surface area (Å²) in [7, 11) is 3.81. The van der Waals surface area contributed by atoms with Gasteiger partial charge in [0.2, 0.25) is 0 Å². The molecule has 0 atom stereocenters. The van der Waals surface area contributed by atoms with Crippen LogP contribution in [0.5, 0.6) is 0 Å². The molecule has 1 amide bonds. The molecule has 1 saturated heterocycles. The molecule has 1 aromatic rings. The summed E-state index contributed by atoms with van der Waals surface area (Å²) in [4.78, 5) is 16.4. The second-order valence-corrected chi connectivity index (χ2v) is 4.52. The summed E-state index contributed by atoms with van der Waals surface area (Å²) in [5.41, 5.74) is 6.33. The Hall–Kier alpha value is -1.56. The Balaban J connectivity index is 2.12. The first-order valence-electron chi connectivity index (χ1n) is 5.85. The molecule has 17 heavy (non-hydrogen) atoms. The van der Waals surface area contributed by atoms with Crippen LogP contribution in [0.15, 0.2) is 6.20 Å². The van der Waals surface area contributed by atoms with E-state index in [1.807, 2.05) is 4.90 Å². The van der Waals surface area contributed by atoms with Gasteiger partial charge in [-0.25, -0.2) is 0 Å². The molecule has 94 valence electrons. The van der Waals surface area contributed by atoms with Crippen LogP contribution < -0.4 is 5.73 Å². The summed E-state index contributed by atoms with van der Waals surface area (Å²) >= 11 is 0. The molecule has 0 aliphatic carbocycles. The van der Waals surface area contributed by atoms with E-state index >= 15 is 0 Å². The van der Waals surface area contributed by atoms with Crippen LogP contribution in [0, 0.1) is 0 Å². The molecule has 6 heteroatoms. The molecular formula is C11H19N5O. The highest BCUT2D eigenvalue weighted by atomic mass is 16.2. The Labute approximate surface area is 101 Å². The van der Waals surface area contributed by atoms with E-state index in [9.17, 15) is 4.79 Å². The topological polar surface area (TPSA) is 67.4 Å². The van der Waals surface area contributed by atoms with Crippen LogP contribution in [-0.2, 0) is 7.05 Å². The van der Waals surface area contributed by atoms with Gasteiger partial charge in [0.15, 0.2) is 0 Å². The number of nitrogen functional groups attached to an aromatic ring is 1. The minimum absolute atomic E-state index is 0.00843. The normalized spacial score (nSPS) is 18.1. The summed E-state index contributed by atoms with van der Waals surface area (Å²) in [6.45, 7) is 3.49. The van der Waals surface area contributed by atoms with E-state index in [1.165, 1.54) is 4.68 Å². The van der Waals surface area contributed by atoms with Crippen LogP contribution in [0.1, 0.15) is 16.8 Å². The van der Waals surface area contributed by atoms with Crippen LogP contribution in [0.4, 0.5) is 5.82 Å². The Morgan fingerprint density at radius 1 is 1.29 bits per heavy atom. The maximum absolute atomic E-state index is 12.3. The van der Waals surface area contributed by atoms with E-state index in [2.05, 4.69) is 17.0 Å². The van der Waals surface area contributed by atoms with Crippen molar-refractivity contribution in [2.45, 2.75) is 6.42 Å². The first-order valence-corrected chi connectivity index (χ1v) is 5.85. The van der Waals surface area contributed by atoms with Crippen molar-refractivity contribution in [2.75, 3.05) is 39.0 Å². The van der Waals surface area contributed by atoms with Crippen molar-refractivity contribution in [1.29, 1.82) is 0 Å². The van der Waals surface area contributed by atoms with E-state index in [0.717, 1.165) is 32.6 Å². The van der Waals surface area contributed by atoms with Gasteiger partial charge in [-0.2, -0.15) is 5.10 Å². The second-order valence-electron chi connectivity index (χ2n) is 4.52. The number of hydrogen-bond acceptors (Lipinski definition) is 4. The van der Waals surface area contributed by atoms with Crippen LogP contribution in [-0.4, -0.2) is 58.7 Å². The molecule has 1 fully saturated rings. The standard InChI is InChI=1S/C11H19N5O/c1-14-4-3-5-16(7-6-14)11(17)9-8-13-15(2)10(9)12/h8H,3-7,12H2,1-2H3. The molecule has 0 unspecified atom stereocenters. The smallest absolute Gasteiger partial charge is 0.259 e. The summed E-state index contributed by atoms with van der Waals surface area (Å²) in [6.07, 6.45) is 2.55. The average Bonchev–Trinajstić information content (AvgIpc) is 2.53. The molecule has 1 aliphatic heterocycles. The summed E-state index contributed by atoms with van der Waals surface area (Å²) in [5, 5.41) is 4.00. The first kappa shape index (κ1) is 11.9. The number of nitrogens with zero attached hydrogens (tertiary/aromatic N) is 4. The number of likely N-dealkylation sites (N-methyl/N-ethyl adjacent to an activating group) is 1. The summed E-state index contributed by atoms with van der Waals surface area (Å²) in [6, 6.07) is 0. The molecule has 0 spiro atoms. The van der Waals surface area contributed by atoms with Gasteiger partial charge in [-0.1, -0.05) is 0 Å². The largest absolute Gasteiger partial charge is 0.383 e. The van der Waals surface area contributed by atoms with Crippen molar-refractivity contribution < 1.29 is 4.79 Å². The van der Waals surface area contributed by atoms with Crippen molar-refractivity contribution >= 4 is 11.7 Å². The number of carbonyl (C=O) groups is 1. The zero-order valence-corrected chi connectivity index (χ0v) is 10.4. The number of rotatable bonds is 1. The van der Waals surface area contributed by atoms with E-state index in [4.69, 9.17) is 5.73 Å². The third kappa shape index (κ3) is 2.41. The minimum Gasteiger partial charge on any atom is -0.383 e. The lowest BCUT2D eigenvalue weighted by Gasteiger charge is -2.20. The number of aryl methyl sites for hydroxylation is 1. The van der Waals surface area contributed by atoms with Crippen LogP contribution >= 0.6 is 0 Å². The van der Waals surface area contributed by atoms with Gasteiger partial charge < -0.3 is 15.5 Å². The molecule has 0 radical (unpaired) electrons. The third-order valence-corrected chi connectivity index (χ3v) is 3.22. The van der Waals surface area contributed by atoms with Gasteiger partial charge in [0, 0.05) is 26.7 Å². The number of anilines is 1. The Morgan fingerprint density at radius 2 is 2.06 bits per heavy atom. The molecule has 1 aromatic heterocycles. The van der Waals surface area contributed by atoms with E-state index in [0.29, 0.717) is 11.4 Å². The van der Waals surface area contributed by atoms with Crippen molar-refractivity contribution in [1.82, 2.24) is 19.6 Å². The zero-order chi connectivity index (χ0) is 12.4. The average molecular weight is 237 g/mol. The lowest BCUT2D eigenvalue weighted by Crippen LogP contribution is -2.34. The maximum Gasteiger partial charge on any atom is 0.259 e. The summed E-state index contributed by atoms with van der Waals surface area (Å²) in [5.74, 6) is 0.429. The molecule has 0 aromatic carbocycles. The fraction of sp³-hybridized carbons (Fsp3) is 0.636. The van der Waals surface area contributed by atoms with E-state index in [1.54, 1.807) is 13.2 Å². The van der Waals surface area contributed by atoms with Gasteiger partial charge in [-0.3, -0.25) is 9.48 Å². The van der Waals surface area contributed by atoms with E-state index < -0.39 is 0 Å². The second kappa shape index (κ2) is 4.75. The number of carbonyl (C=O) groups excluding carboxylic acids is 1. The quantitative estimate of drug-likeness (QED) is 0.733. The van der Waals surface area contributed by atoms with Gasteiger partial charge in [-0.05, 0) is 20.0 Å². The molecule has 1 aliphatic rings. The van der Waals surface area contributed by atoms with Crippen molar-refractivity contribution in [3.8, 4) is 0 Å². The van der Waals surface area contributed by atoms with Gasteiger partial charge in [-0.15, -0.1) is 0 Å². The predicted molar refractivity (Wildman–Crippen MR) is 65.6 cm³/mol. The van der Waals surface area contributed by atoms with Crippen LogP contribution in [0.3, 0.4) is 0 Å². The monoisotopic (exact) mass is 237 g/mol. The third-order valence-electron chi connectivity index (χ3n) is 3.22. The predicted octanol–water partition coefficient (Wildman–Crippen LogP) is -0.220. The maximum atomic E-state index is 12.3. The minimum atomic E-state index is -0.00843. The lowest BCUT2D eigenvalue weighted by atomic mass is 10.2. The SMILES string of the molecule is CN1CCCN(C(=O)c2cnn(C)c2N)CC1. The van der Waals surface area contributed by atoms with Crippen LogP contribution in [0.25, 0.3) is 0 Å². The van der Waals surface area contributed by atoms with Crippen molar-refractivity contribution in [3.05, 3.63) is 11.8 Å². The fourth-order valence-electron chi connectivity index (χ4n) is 2.03. The molecule has 6 nitrogen and oxygen atoms in total. The molecule has 2 heterocycles. The number of aromatic nitrogens is 2. The van der Waals surface area contributed by atoms with Gasteiger partial charge in [0.1, 0.15) is 11.4 Å². The Morgan fingerprint density at radius 3 is 2.71 bits per heavy atom. The highest BCUT2D eigenvalue weighted by Gasteiger charge is 2.22. The number of amides is 1. The Bertz CT molecular complexity index is 414. The summed E-state index contributed by atoms with van der Waals surface area (Å²) < 4.78 is 1.52. The molecule has 0 bridgehead atoms. The fourth-order valence-corrected chi connectivity index (χ4v) is 2.03. The van der Waals surface area contributed by atoms with Gasteiger partial charge in [0.25, 0.3) is 5.91 Å². The van der Waals surface area contributed by atoms with Gasteiger partial charge in [0.05, 0.1) is 6.20 Å². The molecule has 2 N–H and O–H groups in total. The number of nitrogens with two attached hydrogens (primary N) is 1. The first-order chi connectivity index (χ1) is 8.09. The molecule has 2 rings (SSSR count). The Kier molecular flexibility index (Phi) is 3.33.